The summed E-state index contributed by atoms with van der Waals surface area (Å²) in [5.41, 5.74) is 3.69. The van der Waals surface area contributed by atoms with Gasteiger partial charge in [0.05, 0.1) is 23.6 Å². The standard InChI is InChI=1S/C17H22N4O.ClH/c1-12-9-13(2)21(20-12)16-6-4-3-5-15(16)19-17(22)11-18-10-14-7-8-14;/h3-6,9,14,18H,7-8,10-11H2,1-2H3,(H,19,22);1H. The molecule has 1 fully saturated rings. The summed E-state index contributed by atoms with van der Waals surface area (Å²) in [7, 11) is 0. The minimum atomic E-state index is -0.0189. The van der Waals surface area contributed by atoms with Gasteiger partial charge >= 0.3 is 0 Å². The molecule has 124 valence electrons. The number of benzene rings is 1. The summed E-state index contributed by atoms with van der Waals surface area (Å²) in [6.45, 7) is 5.26. The molecule has 1 heterocycles. The molecule has 0 spiro atoms. The van der Waals surface area contributed by atoms with E-state index in [1.165, 1.54) is 12.8 Å². The van der Waals surface area contributed by atoms with Crippen LogP contribution in [0.3, 0.4) is 0 Å². The van der Waals surface area contributed by atoms with Crippen molar-refractivity contribution in [3.63, 3.8) is 0 Å². The van der Waals surface area contributed by atoms with Crippen molar-refractivity contribution in [1.82, 2.24) is 15.1 Å². The third-order valence-corrected chi connectivity index (χ3v) is 3.83. The summed E-state index contributed by atoms with van der Waals surface area (Å²) in [5, 5.41) is 10.7. The number of hydrogen-bond acceptors (Lipinski definition) is 3. The van der Waals surface area contributed by atoms with Crippen LogP contribution in [0, 0.1) is 19.8 Å². The summed E-state index contributed by atoms with van der Waals surface area (Å²) in [4.78, 5) is 12.1. The summed E-state index contributed by atoms with van der Waals surface area (Å²) >= 11 is 0. The molecule has 1 aliphatic rings. The van der Waals surface area contributed by atoms with Crippen LogP contribution < -0.4 is 10.6 Å². The zero-order chi connectivity index (χ0) is 15.5. The number of nitrogens with zero attached hydrogens (tertiary/aromatic N) is 2. The van der Waals surface area contributed by atoms with Gasteiger partial charge in [-0.15, -0.1) is 12.4 Å². The van der Waals surface area contributed by atoms with Crippen LogP contribution in [-0.2, 0) is 4.79 Å². The van der Waals surface area contributed by atoms with Crippen molar-refractivity contribution in [2.75, 3.05) is 18.4 Å². The van der Waals surface area contributed by atoms with Gasteiger partial charge in [0.15, 0.2) is 0 Å². The lowest BCUT2D eigenvalue weighted by Crippen LogP contribution is -2.29. The lowest BCUT2D eigenvalue weighted by Gasteiger charge is -2.12. The van der Waals surface area contributed by atoms with Crippen molar-refractivity contribution in [2.45, 2.75) is 26.7 Å². The van der Waals surface area contributed by atoms with Crippen molar-refractivity contribution < 1.29 is 4.79 Å². The number of hydrogen-bond donors (Lipinski definition) is 2. The van der Waals surface area contributed by atoms with Crippen LogP contribution in [-0.4, -0.2) is 28.8 Å². The summed E-state index contributed by atoms with van der Waals surface area (Å²) in [6, 6.07) is 9.77. The highest BCUT2D eigenvalue weighted by atomic mass is 35.5. The Morgan fingerprint density at radius 1 is 1.30 bits per heavy atom. The van der Waals surface area contributed by atoms with E-state index in [0.717, 1.165) is 35.2 Å². The first-order chi connectivity index (χ1) is 10.6. The van der Waals surface area contributed by atoms with Crippen molar-refractivity contribution in [1.29, 1.82) is 0 Å². The topological polar surface area (TPSA) is 59.0 Å². The number of rotatable bonds is 6. The average Bonchev–Trinajstić information content (AvgIpc) is 3.24. The molecule has 0 saturated heterocycles. The van der Waals surface area contributed by atoms with E-state index in [4.69, 9.17) is 0 Å². The van der Waals surface area contributed by atoms with Crippen LogP contribution >= 0.6 is 12.4 Å². The number of aryl methyl sites for hydroxylation is 2. The monoisotopic (exact) mass is 334 g/mol. The third kappa shape index (κ3) is 4.56. The zero-order valence-corrected chi connectivity index (χ0v) is 14.3. The molecule has 0 bridgehead atoms. The Bertz CT molecular complexity index is 679. The minimum Gasteiger partial charge on any atom is -0.323 e. The lowest BCUT2D eigenvalue weighted by atomic mass is 10.2. The predicted octanol–water partition coefficient (Wildman–Crippen LogP) is 2.85. The van der Waals surface area contributed by atoms with E-state index < -0.39 is 0 Å². The van der Waals surface area contributed by atoms with Gasteiger partial charge in [0.25, 0.3) is 0 Å². The fraction of sp³-hybridized carbons (Fsp3) is 0.412. The molecule has 0 radical (unpaired) electrons. The Hall–Kier alpha value is -1.85. The highest BCUT2D eigenvalue weighted by Crippen LogP contribution is 2.27. The Morgan fingerprint density at radius 3 is 2.70 bits per heavy atom. The van der Waals surface area contributed by atoms with Crippen LogP contribution in [0.4, 0.5) is 5.69 Å². The minimum absolute atomic E-state index is 0. The smallest absolute Gasteiger partial charge is 0.238 e. The highest BCUT2D eigenvalue weighted by Gasteiger charge is 2.20. The summed E-state index contributed by atoms with van der Waals surface area (Å²) in [5.74, 6) is 0.754. The molecule has 6 heteroatoms. The van der Waals surface area contributed by atoms with E-state index >= 15 is 0 Å². The van der Waals surface area contributed by atoms with Gasteiger partial charge in [-0.3, -0.25) is 4.79 Å². The first kappa shape index (κ1) is 17.5. The second kappa shape index (κ2) is 7.62. The molecular weight excluding hydrogens is 312 g/mol. The number of carbonyl (C=O) groups excluding carboxylic acids is 1. The SMILES string of the molecule is Cc1cc(C)n(-c2ccccc2NC(=O)CNCC2CC2)n1.Cl. The van der Waals surface area contributed by atoms with Crippen molar-refractivity contribution in [2.24, 2.45) is 5.92 Å². The van der Waals surface area contributed by atoms with Crippen molar-refractivity contribution in [3.8, 4) is 5.69 Å². The maximum atomic E-state index is 12.1. The highest BCUT2D eigenvalue weighted by molar-refractivity contribution is 5.94. The van der Waals surface area contributed by atoms with E-state index in [1.807, 2.05) is 48.9 Å². The van der Waals surface area contributed by atoms with Crippen LogP contribution in [0.2, 0.25) is 0 Å². The van der Waals surface area contributed by atoms with Gasteiger partial charge in [-0.25, -0.2) is 4.68 Å². The van der Waals surface area contributed by atoms with E-state index in [2.05, 4.69) is 15.7 Å². The number of nitrogens with one attached hydrogen (secondary N) is 2. The van der Waals surface area contributed by atoms with Gasteiger partial charge in [-0.1, -0.05) is 12.1 Å². The molecule has 1 saturated carbocycles. The third-order valence-electron chi connectivity index (χ3n) is 3.83. The van der Waals surface area contributed by atoms with Crippen LogP contribution in [0.15, 0.2) is 30.3 Å². The van der Waals surface area contributed by atoms with Gasteiger partial charge < -0.3 is 10.6 Å². The molecule has 1 aromatic carbocycles. The number of anilines is 1. The molecule has 3 rings (SSSR count). The second-order valence-electron chi connectivity index (χ2n) is 5.98. The summed E-state index contributed by atoms with van der Waals surface area (Å²) in [6.07, 6.45) is 2.57. The van der Waals surface area contributed by atoms with Crippen LogP contribution in [0.5, 0.6) is 0 Å². The zero-order valence-electron chi connectivity index (χ0n) is 13.5. The number of halogens is 1. The van der Waals surface area contributed by atoms with Gasteiger partial charge in [0, 0.05) is 5.69 Å². The predicted molar refractivity (Wildman–Crippen MR) is 94.5 cm³/mol. The van der Waals surface area contributed by atoms with Crippen LogP contribution in [0.1, 0.15) is 24.2 Å². The second-order valence-corrected chi connectivity index (χ2v) is 5.98. The molecule has 1 amide bonds. The largest absolute Gasteiger partial charge is 0.323 e. The molecule has 1 aromatic heterocycles. The number of para-hydroxylation sites is 2. The van der Waals surface area contributed by atoms with E-state index in [9.17, 15) is 4.79 Å². The lowest BCUT2D eigenvalue weighted by molar-refractivity contribution is -0.115. The van der Waals surface area contributed by atoms with E-state index in [-0.39, 0.29) is 18.3 Å². The fourth-order valence-electron chi connectivity index (χ4n) is 2.54. The maximum Gasteiger partial charge on any atom is 0.238 e. The number of carbonyl (C=O) groups is 1. The van der Waals surface area contributed by atoms with Gasteiger partial charge in [-0.2, -0.15) is 5.10 Å². The number of amides is 1. The Balaban J connectivity index is 0.00000192. The first-order valence-electron chi connectivity index (χ1n) is 7.77. The van der Waals surface area contributed by atoms with Gasteiger partial charge in [-0.05, 0) is 57.4 Å². The average molecular weight is 335 g/mol. The van der Waals surface area contributed by atoms with E-state index in [0.29, 0.717) is 6.54 Å². The van der Waals surface area contributed by atoms with Crippen molar-refractivity contribution >= 4 is 24.0 Å². The van der Waals surface area contributed by atoms with E-state index in [1.54, 1.807) is 0 Å². The molecule has 2 N–H and O–H groups in total. The molecular formula is C17H23ClN4O. The van der Waals surface area contributed by atoms with Gasteiger partial charge in [0.1, 0.15) is 0 Å². The molecule has 1 aliphatic carbocycles. The molecule has 23 heavy (non-hydrogen) atoms. The Labute approximate surface area is 142 Å². The van der Waals surface area contributed by atoms with Crippen LogP contribution in [0.25, 0.3) is 5.69 Å². The molecule has 5 nitrogen and oxygen atoms in total. The maximum absolute atomic E-state index is 12.1. The Kier molecular flexibility index (Phi) is 5.80. The molecule has 2 aromatic rings. The fourth-order valence-corrected chi connectivity index (χ4v) is 2.54. The quantitative estimate of drug-likeness (QED) is 0.854. The van der Waals surface area contributed by atoms with Crippen molar-refractivity contribution in [3.05, 3.63) is 41.7 Å². The molecule has 0 atom stereocenters. The normalized spacial score (nSPS) is 13.5. The number of aromatic nitrogens is 2. The van der Waals surface area contributed by atoms with Gasteiger partial charge in [0.2, 0.25) is 5.91 Å². The summed E-state index contributed by atoms with van der Waals surface area (Å²) < 4.78 is 1.86. The Morgan fingerprint density at radius 2 is 2.04 bits per heavy atom. The molecule has 0 aliphatic heterocycles. The molecule has 0 unspecified atom stereocenters. The first-order valence-corrected chi connectivity index (χ1v) is 7.77.